The van der Waals surface area contributed by atoms with Crippen LogP contribution in [0.5, 0.6) is 17.2 Å². The van der Waals surface area contributed by atoms with Crippen molar-refractivity contribution in [2.45, 2.75) is 31.8 Å². The summed E-state index contributed by atoms with van der Waals surface area (Å²) in [6, 6.07) is 2.76. The van der Waals surface area contributed by atoms with Gasteiger partial charge in [0.05, 0.1) is 13.2 Å². The lowest BCUT2D eigenvalue weighted by atomic mass is 10.2. The second-order valence-electron chi connectivity index (χ2n) is 3.95. The van der Waals surface area contributed by atoms with E-state index >= 15 is 0 Å². The Hall–Kier alpha value is -1.45. The van der Waals surface area contributed by atoms with Gasteiger partial charge in [-0.2, -0.15) is 4.39 Å². The zero-order valence-corrected chi connectivity index (χ0v) is 9.20. The summed E-state index contributed by atoms with van der Waals surface area (Å²) in [6.07, 6.45) is 4.10. The molecule has 88 valence electrons. The SMILES string of the molecule is COc1ccc(O)c(F)c1OC1CCCC1. The van der Waals surface area contributed by atoms with Gasteiger partial charge in [-0.1, -0.05) is 0 Å². The molecule has 1 aromatic carbocycles. The highest BCUT2D eigenvalue weighted by molar-refractivity contribution is 5.46. The molecule has 0 bridgehead atoms. The third-order valence-electron chi connectivity index (χ3n) is 2.85. The first-order valence-electron chi connectivity index (χ1n) is 5.44. The molecule has 0 radical (unpaired) electrons. The molecule has 2 rings (SSSR count). The summed E-state index contributed by atoms with van der Waals surface area (Å²) in [7, 11) is 1.45. The van der Waals surface area contributed by atoms with E-state index in [4.69, 9.17) is 9.47 Å². The van der Waals surface area contributed by atoms with Crippen LogP contribution in [0.15, 0.2) is 12.1 Å². The summed E-state index contributed by atoms with van der Waals surface area (Å²) in [6.45, 7) is 0. The minimum absolute atomic E-state index is 0.0226. The van der Waals surface area contributed by atoms with Crippen molar-refractivity contribution in [1.29, 1.82) is 0 Å². The smallest absolute Gasteiger partial charge is 0.210 e. The van der Waals surface area contributed by atoms with Crippen molar-refractivity contribution in [3.05, 3.63) is 17.9 Å². The summed E-state index contributed by atoms with van der Waals surface area (Å²) < 4.78 is 24.2. The van der Waals surface area contributed by atoms with E-state index in [1.807, 2.05) is 0 Å². The van der Waals surface area contributed by atoms with Crippen LogP contribution in [0.1, 0.15) is 25.7 Å². The number of aromatic hydroxyl groups is 1. The number of benzene rings is 1. The minimum Gasteiger partial charge on any atom is -0.505 e. The predicted molar refractivity (Wildman–Crippen MR) is 57.5 cm³/mol. The highest BCUT2D eigenvalue weighted by atomic mass is 19.1. The fraction of sp³-hybridized carbons (Fsp3) is 0.500. The molecule has 4 heteroatoms. The van der Waals surface area contributed by atoms with Gasteiger partial charge in [-0.25, -0.2) is 0 Å². The van der Waals surface area contributed by atoms with E-state index in [1.54, 1.807) is 0 Å². The van der Waals surface area contributed by atoms with Crippen LogP contribution in [-0.2, 0) is 0 Å². The normalized spacial score (nSPS) is 16.4. The number of ether oxygens (including phenoxy) is 2. The zero-order chi connectivity index (χ0) is 11.5. The minimum atomic E-state index is -0.744. The molecule has 1 aliphatic carbocycles. The number of hydrogen-bond acceptors (Lipinski definition) is 3. The highest BCUT2D eigenvalue weighted by Gasteiger charge is 2.22. The molecule has 1 N–H and O–H groups in total. The molecule has 0 atom stereocenters. The molecule has 1 saturated carbocycles. The van der Waals surface area contributed by atoms with Crippen molar-refractivity contribution in [3.8, 4) is 17.2 Å². The van der Waals surface area contributed by atoms with Crippen LogP contribution >= 0.6 is 0 Å². The molecule has 0 amide bonds. The summed E-state index contributed by atoms with van der Waals surface area (Å²) in [5.41, 5.74) is 0. The van der Waals surface area contributed by atoms with Crippen LogP contribution < -0.4 is 9.47 Å². The molecule has 0 spiro atoms. The Morgan fingerprint density at radius 3 is 2.62 bits per heavy atom. The molecular weight excluding hydrogens is 211 g/mol. The van der Waals surface area contributed by atoms with Gasteiger partial charge < -0.3 is 14.6 Å². The topological polar surface area (TPSA) is 38.7 Å². The second kappa shape index (κ2) is 4.60. The standard InChI is InChI=1S/C12H15FO3/c1-15-10-7-6-9(14)11(13)12(10)16-8-4-2-3-5-8/h6-8,14H,2-5H2,1H3. The van der Waals surface area contributed by atoms with Crippen molar-refractivity contribution in [1.82, 2.24) is 0 Å². The van der Waals surface area contributed by atoms with E-state index in [2.05, 4.69) is 0 Å². The largest absolute Gasteiger partial charge is 0.505 e. The van der Waals surface area contributed by atoms with Crippen LogP contribution in [0.2, 0.25) is 0 Å². The molecule has 0 unspecified atom stereocenters. The van der Waals surface area contributed by atoms with Crippen LogP contribution in [-0.4, -0.2) is 18.3 Å². The predicted octanol–water partition coefficient (Wildman–Crippen LogP) is 2.86. The molecular formula is C12H15FO3. The van der Waals surface area contributed by atoms with Crippen molar-refractivity contribution >= 4 is 0 Å². The molecule has 1 aliphatic rings. The number of hydrogen-bond donors (Lipinski definition) is 1. The van der Waals surface area contributed by atoms with Gasteiger partial charge in [0.1, 0.15) is 0 Å². The Morgan fingerprint density at radius 2 is 2.00 bits per heavy atom. The van der Waals surface area contributed by atoms with Gasteiger partial charge in [-0.3, -0.25) is 0 Å². The van der Waals surface area contributed by atoms with Gasteiger partial charge in [0.15, 0.2) is 11.5 Å². The fourth-order valence-corrected chi connectivity index (χ4v) is 1.97. The summed E-state index contributed by atoms with van der Waals surface area (Å²) in [5, 5.41) is 9.28. The molecule has 3 nitrogen and oxygen atoms in total. The molecule has 0 saturated heterocycles. The van der Waals surface area contributed by atoms with Crippen LogP contribution in [0, 0.1) is 5.82 Å². The van der Waals surface area contributed by atoms with E-state index in [0.717, 1.165) is 25.7 Å². The Kier molecular flexibility index (Phi) is 3.17. The van der Waals surface area contributed by atoms with Gasteiger partial charge in [-0.05, 0) is 37.8 Å². The third-order valence-corrected chi connectivity index (χ3v) is 2.85. The number of halogens is 1. The lowest BCUT2D eigenvalue weighted by Gasteiger charge is -2.16. The Bertz CT molecular complexity index is 373. The van der Waals surface area contributed by atoms with Gasteiger partial charge in [0, 0.05) is 0 Å². The first-order chi connectivity index (χ1) is 7.72. The second-order valence-corrected chi connectivity index (χ2v) is 3.95. The average molecular weight is 226 g/mol. The third kappa shape index (κ3) is 2.05. The zero-order valence-electron chi connectivity index (χ0n) is 9.20. The van der Waals surface area contributed by atoms with E-state index in [9.17, 15) is 9.50 Å². The van der Waals surface area contributed by atoms with Crippen LogP contribution in [0.25, 0.3) is 0 Å². The van der Waals surface area contributed by atoms with Gasteiger partial charge >= 0.3 is 0 Å². The number of rotatable bonds is 3. The lowest BCUT2D eigenvalue weighted by molar-refractivity contribution is 0.189. The highest BCUT2D eigenvalue weighted by Crippen LogP contribution is 2.37. The van der Waals surface area contributed by atoms with E-state index in [-0.39, 0.29) is 11.9 Å². The Balaban J connectivity index is 2.25. The van der Waals surface area contributed by atoms with E-state index in [0.29, 0.717) is 5.75 Å². The maximum Gasteiger partial charge on any atom is 0.210 e. The van der Waals surface area contributed by atoms with Crippen LogP contribution in [0.4, 0.5) is 4.39 Å². The van der Waals surface area contributed by atoms with E-state index < -0.39 is 11.6 Å². The number of phenolic OH excluding ortho intramolecular Hbond substituents is 1. The molecule has 0 aliphatic heterocycles. The van der Waals surface area contributed by atoms with Crippen molar-refractivity contribution in [2.24, 2.45) is 0 Å². The van der Waals surface area contributed by atoms with Gasteiger partial charge in [0.2, 0.25) is 11.6 Å². The summed E-state index contributed by atoms with van der Waals surface area (Å²) in [4.78, 5) is 0. The maximum absolute atomic E-state index is 13.6. The first kappa shape index (κ1) is 11.0. The lowest BCUT2D eigenvalue weighted by Crippen LogP contribution is -2.12. The summed E-state index contributed by atoms with van der Waals surface area (Å²) in [5.74, 6) is -0.809. The molecule has 16 heavy (non-hydrogen) atoms. The number of methoxy groups -OCH3 is 1. The van der Waals surface area contributed by atoms with Crippen molar-refractivity contribution in [3.63, 3.8) is 0 Å². The molecule has 1 aromatic rings. The Labute approximate surface area is 93.8 Å². The number of phenols is 1. The molecule has 1 fully saturated rings. The Morgan fingerprint density at radius 1 is 1.31 bits per heavy atom. The van der Waals surface area contributed by atoms with Gasteiger partial charge in [0.25, 0.3) is 0 Å². The van der Waals surface area contributed by atoms with Crippen molar-refractivity contribution in [2.75, 3.05) is 7.11 Å². The maximum atomic E-state index is 13.6. The van der Waals surface area contributed by atoms with E-state index in [1.165, 1.54) is 19.2 Å². The monoisotopic (exact) mass is 226 g/mol. The summed E-state index contributed by atoms with van der Waals surface area (Å²) >= 11 is 0. The fourth-order valence-electron chi connectivity index (χ4n) is 1.97. The first-order valence-corrected chi connectivity index (χ1v) is 5.44. The van der Waals surface area contributed by atoms with Crippen LogP contribution in [0.3, 0.4) is 0 Å². The molecule has 0 heterocycles. The quantitative estimate of drug-likeness (QED) is 0.861. The van der Waals surface area contributed by atoms with Crippen molar-refractivity contribution < 1.29 is 19.0 Å². The average Bonchev–Trinajstić information content (AvgIpc) is 2.78. The van der Waals surface area contributed by atoms with Gasteiger partial charge in [-0.15, -0.1) is 0 Å². The molecule has 0 aromatic heterocycles.